The van der Waals surface area contributed by atoms with Crippen molar-refractivity contribution in [3.8, 4) is 11.5 Å². The van der Waals surface area contributed by atoms with E-state index in [1.54, 1.807) is 43.3 Å². The summed E-state index contributed by atoms with van der Waals surface area (Å²) < 4.78 is 11.7. The predicted molar refractivity (Wildman–Crippen MR) is 98.9 cm³/mol. The summed E-state index contributed by atoms with van der Waals surface area (Å²) in [6, 6.07) is 12.1. The molecule has 0 aliphatic heterocycles. The number of nitrogens with zero attached hydrogens (tertiary/aromatic N) is 2. The van der Waals surface area contributed by atoms with E-state index in [4.69, 9.17) is 9.47 Å². The topological polar surface area (TPSA) is 82.5 Å². The maximum atomic E-state index is 12.6. The van der Waals surface area contributed by atoms with Gasteiger partial charge in [0.05, 0.1) is 25.1 Å². The first-order valence-corrected chi connectivity index (χ1v) is 8.01. The molecule has 0 saturated carbocycles. The lowest BCUT2D eigenvalue weighted by Gasteiger charge is -2.12. The van der Waals surface area contributed by atoms with Crippen LogP contribution in [0.3, 0.4) is 0 Å². The number of nitrogens with one attached hydrogen (secondary N) is 1. The van der Waals surface area contributed by atoms with Crippen LogP contribution < -0.4 is 20.3 Å². The van der Waals surface area contributed by atoms with E-state index in [0.717, 1.165) is 0 Å². The van der Waals surface area contributed by atoms with E-state index < -0.39 is 0 Å². The van der Waals surface area contributed by atoms with Gasteiger partial charge in [-0.1, -0.05) is 12.1 Å². The van der Waals surface area contributed by atoms with E-state index >= 15 is 0 Å². The largest absolute Gasteiger partial charge is 0.497 e. The number of fused-ring (bicyclic) bond motifs is 1. The lowest BCUT2D eigenvalue weighted by molar-refractivity contribution is -0.116. The molecule has 3 rings (SSSR count). The zero-order chi connectivity index (χ0) is 18.7. The number of carbonyl (C=O) groups excluding carboxylic acids is 1. The number of para-hydroxylation sites is 1. The molecule has 26 heavy (non-hydrogen) atoms. The number of hydrogen-bond acceptors (Lipinski definition) is 5. The van der Waals surface area contributed by atoms with Gasteiger partial charge in [0.1, 0.15) is 23.9 Å². The molecule has 1 N–H and O–H groups in total. The summed E-state index contributed by atoms with van der Waals surface area (Å²) >= 11 is 0. The fraction of sp³-hybridized carbons (Fsp3) is 0.211. The van der Waals surface area contributed by atoms with Crippen molar-refractivity contribution in [1.29, 1.82) is 0 Å². The average Bonchev–Trinajstić information content (AvgIpc) is 2.64. The number of carbonyl (C=O) groups is 1. The van der Waals surface area contributed by atoms with Crippen molar-refractivity contribution in [3.63, 3.8) is 0 Å². The van der Waals surface area contributed by atoms with E-state index in [-0.39, 0.29) is 18.0 Å². The SMILES string of the molecule is COc1cc(NC(=O)Cn2c(C)nc3ccccc3c2=O)cc(OC)c1. The molecule has 134 valence electrons. The zero-order valence-corrected chi connectivity index (χ0v) is 14.8. The number of benzene rings is 2. The number of ether oxygens (including phenoxy) is 2. The third-order valence-electron chi connectivity index (χ3n) is 3.99. The molecular weight excluding hydrogens is 334 g/mol. The standard InChI is InChI=1S/C19H19N3O4/c1-12-20-17-7-5-4-6-16(17)19(24)22(12)11-18(23)21-13-8-14(25-2)10-15(9-13)26-3/h4-10H,11H2,1-3H3,(H,21,23). The maximum Gasteiger partial charge on any atom is 0.261 e. The van der Waals surface area contributed by atoms with Crippen LogP contribution in [0.4, 0.5) is 5.69 Å². The van der Waals surface area contributed by atoms with Gasteiger partial charge in [0.15, 0.2) is 0 Å². The summed E-state index contributed by atoms with van der Waals surface area (Å²) in [6.45, 7) is 1.57. The van der Waals surface area contributed by atoms with Crippen LogP contribution in [0, 0.1) is 6.92 Å². The van der Waals surface area contributed by atoms with Crippen LogP contribution >= 0.6 is 0 Å². The molecule has 0 spiro atoms. The lowest BCUT2D eigenvalue weighted by Crippen LogP contribution is -2.30. The summed E-state index contributed by atoms with van der Waals surface area (Å²) in [6.07, 6.45) is 0. The molecule has 2 aromatic carbocycles. The minimum atomic E-state index is -0.345. The van der Waals surface area contributed by atoms with Gasteiger partial charge in [-0.3, -0.25) is 14.2 Å². The Kier molecular flexibility index (Phi) is 4.88. The van der Waals surface area contributed by atoms with E-state index in [1.165, 1.54) is 18.8 Å². The molecule has 0 atom stereocenters. The van der Waals surface area contributed by atoms with E-state index in [2.05, 4.69) is 10.3 Å². The second kappa shape index (κ2) is 7.26. The Morgan fingerprint density at radius 3 is 2.42 bits per heavy atom. The van der Waals surface area contributed by atoms with Crippen molar-refractivity contribution >= 4 is 22.5 Å². The Labute approximate surface area is 150 Å². The summed E-state index contributed by atoms with van der Waals surface area (Å²) in [5.74, 6) is 1.25. The van der Waals surface area contributed by atoms with Crippen molar-refractivity contribution in [2.45, 2.75) is 13.5 Å². The van der Waals surface area contributed by atoms with Crippen LogP contribution in [0.5, 0.6) is 11.5 Å². The monoisotopic (exact) mass is 353 g/mol. The highest BCUT2D eigenvalue weighted by Gasteiger charge is 2.12. The van der Waals surface area contributed by atoms with Gasteiger partial charge >= 0.3 is 0 Å². The Morgan fingerprint density at radius 2 is 1.77 bits per heavy atom. The summed E-state index contributed by atoms with van der Waals surface area (Å²) in [7, 11) is 3.06. The Balaban J connectivity index is 1.87. The van der Waals surface area contributed by atoms with Crippen molar-refractivity contribution in [3.05, 3.63) is 58.6 Å². The molecular formula is C19H19N3O4. The molecule has 0 unspecified atom stereocenters. The van der Waals surface area contributed by atoms with E-state index in [1.807, 2.05) is 6.07 Å². The van der Waals surface area contributed by atoms with Gasteiger partial charge in [0.2, 0.25) is 5.91 Å². The average molecular weight is 353 g/mol. The third-order valence-corrected chi connectivity index (χ3v) is 3.99. The Hall–Kier alpha value is -3.35. The van der Waals surface area contributed by atoms with Crippen LogP contribution in [0.1, 0.15) is 5.82 Å². The van der Waals surface area contributed by atoms with Crippen LogP contribution in [0.2, 0.25) is 0 Å². The summed E-state index contributed by atoms with van der Waals surface area (Å²) in [5, 5.41) is 3.24. The smallest absolute Gasteiger partial charge is 0.261 e. The first-order valence-electron chi connectivity index (χ1n) is 8.01. The molecule has 0 saturated heterocycles. The minimum Gasteiger partial charge on any atom is -0.497 e. The highest BCUT2D eigenvalue weighted by atomic mass is 16.5. The highest BCUT2D eigenvalue weighted by Crippen LogP contribution is 2.25. The number of methoxy groups -OCH3 is 2. The molecule has 7 nitrogen and oxygen atoms in total. The molecule has 3 aromatic rings. The normalized spacial score (nSPS) is 10.6. The predicted octanol–water partition coefficient (Wildman–Crippen LogP) is 2.36. The van der Waals surface area contributed by atoms with Gasteiger partial charge in [-0.15, -0.1) is 0 Å². The Bertz CT molecular complexity index is 1000. The number of aryl methyl sites for hydroxylation is 1. The van der Waals surface area contributed by atoms with Crippen molar-refractivity contribution < 1.29 is 14.3 Å². The number of anilines is 1. The first kappa shape index (κ1) is 17.5. The molecule has 0 aliphatic carbocycles. The zero-order valence-electron chi connectivity index (χ0n) is 14.8. The number of hydrogen-bond donors (Lipinski definition) is 1. The quantitative estimate of drug-likeness (QED) is 0.761. The van der Waals surface area contributed by atoms with Crippen molar-refractivity contribution in [2.75, 3.05) is 19.5 Å². The molecule has 0 fully saturated rings. The van der Waals surface area contributed by atoms with Gasteiger partial charge in [-0.2, -0.15) is 0 Å². The number of rotatable bonds is 5. The minimum absolute atomic E-state index is 0.137. The molecule has 1 aromatic heterocycles. The highest BCUT2D eigenvalue weighted by molar-refractivity contribution is 5.91. The molecule has 1 heterocycles. The molecule has 7 heteroatoms. The number of aromatic nitrogens is 2. The van der Waals surface area contributed by atoms with Crippen LogP contribution in [-0.4, -0.2) is 29.7 Å². The number of amides is 1. The van der Waals surface area contributed by atoms with Crippen LogP contribution in [-0.2, 0) is 11.3 Å². The summed E-state index contributed by atoms with van der Waals surface area (Å²) in [5.41, 5.74) is 0.890. The van der Waals surface area contributed by atoms with Crippen molar-refractivity contribution in [1.82, 2.24) is 9.55 Å². The summed E-state index contributed by atoms with van der Waals surface area (Å²) in [4.78, 5) is 29.5. The molecule has 0 radical (unpaired) electrons. The lowest BCUT2D eigenvalue weighted by atomic mass is 10.2. The fourth-order valence-corrected chi connectivity index (χ4v) is 2.69. The fourth-order valence-electron chi connectivity index (χ4n) is 2.69. The molecule has 1 amide bonds. The van der Waals surface area contributed by atoms with Gasteiger partial charge < -0.3 is 14.8 Å². The van der Waals surface area contributed by atoms with Crippen LogP contribution in [0.25, 0.3) is 10.9 Å². The van der Waals surface area contributed by atoms with Crippen molar-refractivity contribution in [2.24, 2.45) is 0 Å². The van der Waals surface area contributed by atoms with E-state index in [9.17, 15) is 9.59 Å². The molecule has 0 aliphatic rings. The van der Waals surface area contributed by atoms with Crippen LogP contribution in [0.15, 0.2) is 47.3 Å². The van der Waals surface area contributed by atoms with Gasteiger partial charge in [0, 0.05) is 23.9 Å². The molecule has 0 bridgehead atoms. The second-order valence-corrected chi connectivity index (χ2v) is 5.72. The first-order chi connectivity index (χ1) is 12.5. The van der Waals surface area contributed by atoms with Gasteiger partial charge in [-0.05, 0) is 19.1 Å². The Morgan fingerprint density at radius 1 is 1.12 bits per heavy atom. The van der Waals surface area contributed by atoms with Gasteiger partial charge in [-0.25, -0.2) is 4.98 Å². The van der Waals surface area contributed by atoms with Gasteiger partial charge in [0.25, 0.3) is 5.56 Å². The maximum absolute atomic E-state index is 12.6. The second-order valence-electron chi connectivity index (χ2n) is 5.72. The van der Waals surface area contributed by atoms with E-state index in [0.29, 0.717) is 33.9 Å². The third kappa shape index (κ3) is 3.51.